The number of hydrogen-bond donors (Lipinski definition) is 0. The maximum Gasteiger partial charge on any atom is 0.375 e. The van der Waals surface area contributed by atoms with Crippen molar-refractivity contribution in [1.29, 1.82) is 0 Å². The Kier molecular flexibility index (Phi) is 4.09. The van der Waals surface area contributed by atoms with Gasteiger partial charge in [0.05, 0.1) is 6.61 Å². The van der Waals surface area contributed by atoms with Crippen LogP contribution < -0.4 is 0 Å². The van der Waals surface area contributed by atoms with Gasteiger partial charge in [-0.1, -0.05) is 30.3 Å². The number of halogens is 2. The highest BCUT2D eigenvalue weighted by molar-refractivity contribution is 5.33. The number of hydrogen-bond acceptors (Lipinski definition) is 3. The summed E-state index contributed by atoms with van der Waals surface area (Å²) >= 11 is 0. The third-order valence-corrected chi connectivity index (χ3v) is 1.60. The first-order chi connectivity index (χ1) is 7.14. The molecular formula is C10H9F2NO2. The Balaban J connectivity index is 2.37. The molecular weight excluding hydrogens is 204 g/mol. The minimum atomic E-state index is -3.49. The maximum absolute atomic E-state index is 12.6. The molecule has 0 unspecified atom stereocenters. The SMILES string of the molecule is O=C=NC(F)(F)COCc1ccccc1. The van der Waals surface area contributed by atoms with Crippen LogP contribution in [-0.4, -0.2) is 18.7 Å². The van der Waals surface area contributed by atoms with Crippen LogP contribution in [0.3, 0.4) is 0 Å². The van der Waals surface area contributed by atoms with Gasteiger partial charge in [-0.15, -0.1) is 4.99 Å². The van der Waals surface area contributed by atoms with Crippen molar-refractivity contribution in [2.24, 2.45) is 4.99 Å². The molecule has 0 radical (unpaired) electrons. The highest BCUT2D eigenvalue weighted by Gasteiger charge is 2.28. The van der Waals surface area contributed by atoms with E-state index in [1.807, 2.05) is 6.07 Å². The molecule has 80 valence electrons. The van der Waals surface area contributed by atoms with Gasteiger partial charge in [0.15, 0.2) is 0 Å². The van der Waals surface area contributed by atoms with E-state index in [-0.39, 0.29) is 6.61 Å². The van der Waals surface area contributed by atoms with Gasteiger partial charge >= 0.3 is 6.05 Å². The van der Waals surface area contributed by atoms with E-state index in [0.29, 0.717) is 0 Å². The minimum Gasteiger partial charge on any atom is -0.368 e. The van der Waals surface area contributed by atoms with Crippen LogP contribution in [0.4, 0.5) is 8.78 Å². The summed E-state index contributed by atoms with van der Waals surface area (Å²) in [5.74, 6) is 0. The number of nitrogens with zero attached hydrogens (tertiary/aromatic N) is 1. The summed E-state index contributed by atoms with van der Waals surface area (Å²) in [5, 5.41) is 0. The van der Waals surface area contributed by atoms with Crippen molar-refractivity contribution in [2.45, 2.75) is 12.7 Å². The summed E-state index contributed by atoms with van der Waals surface area (Å²) in [7, 11) is 0. The van der Waals surface area contributed by atoms with Gasteiger partial charge in [0.1, 0.15) is 6.61 Å². The number of benzene rings is 1. The molecule has 0 heterocycles. The number of aliphatic imine (C=N–C) groups is 1. The zero-order valence-electron chi connectivity index (χ0n) is 7.82. The molecule has 0 atom stereocenters. The topological polar surface area (TPSA) is 38.7 Å². The maximum atomic E-state index is 12.6. The Morgan fingerprint density at radius 2 is 2.00 bits per heavy atom. The molecule has 0 aliphatic carbocycles. The average Bonchev–Trinajstić information content (AvgIpc) is 2.19. The molecule has 0 aliphatic heterocycles. The summed E-state index contributed by atoms with van der Waals surface area (Å²) in [5.41, 5.74) is 0.781. The summed E-state index contributed by atoms with van der Waals surface area (Å²) in [6, 6.07) is 5.38. The van der Waals surface area contributed by atoms with E-state index in [9.17, 15) is 13.6 Å². The predicted octanol–water partition coefficient (Wildman–Crippen LogP) is 2.13. The smallest absolute Gasteiger partial charge is 0.368 e. The van der Waals surface area contributed by atoms with E-state index in [4.69, 9.17) is 4.74 Å². The van der Waals surface area contributed by atoms with Crippen molar-refractivity contribution in [3.8, 4) is 0 Å². The molecule has 0 fully saturated rings. The molecule has 15 heavy (non-hydrogen) atoms. The Labute approximate surface area is 85.4 Å². The lowest BCUT2D eigenvalue weighted by molar-refractivity contribution is -0.0744. The summed E-state index contributed by atoms with van der Waals surface area (Å²) < 4.78 is 29.9. The van der Waals surface area contributed by atoms with Crippen LogP contribution in [0.25, 0.3) is 0 Å². The van der Waals surface area contributed by atoms with Gasteiger partial charge in [-0.3, -0.25) is 0 Å². The highest BCUT2D eigenvalue weighted by atomic mass is 19.3. The molecule has 0 aliphatic rings. The third-order valence-electron chi connectivity index (χ3n) is 1.60. The number of isocyanates is 1. The van der Waals surface area contributed by atoms with Crippen molar-refractivity contribution >= 4 is 6.08 Å². The second-order valence-corrected chi connectivity index (χ2v) is 2.85. The van der Waals surface area contributed by atoms with Crippen LogP contribution in [0.15, 0.2) is 35.3 Å². The van der Waals surface area contributed by atoms with Gasteiger partial charge in [-0.05, 0) is 5.56 Å². The van der Waals surface area contributed by atoms with Gasteiger partial charge in [0.25, 0.3) is 0 Å². The van der Waals surface area contributed by atoms with Crippen molar-refractivity contribution < 1.29 is 18.3 Å². The van der Waals surface area contributed by atoms with Gasteiger partial charge in [0.2, 0.25) is 6.08 Å². The zero-order valence-corrected chi connectivity index (χ0v) is 7.82. The van der Waals surface area contributed by atoms with Crippen molar-refractivity contribution in [1.82, 2.24) is 0 Å². The second kappa shape index (κ2) is 5.34. The lowest BCUT2D eigenvalue weighted by atomic mass is 10.2. The minimum absolute atomic E-state index is 0.0603. The Morgan fingerprint density at radius 3 is 2.60 bits per heavy atom. The normalized spacial score (nSPS) is 10.8. The molecule has 3 nitrogen and oxygen atoms in total. The molecule has 0 N–H and O–H groups in total. The van der Waals surface area contributed by atoms with E-state index < -0.39 is 12.7 Å². The van der Waals surface area contributed by atoms with E-state index >= 15 is 0 Å². The number of ether oxygens (including phenoxy) is 1. The number of rotatable bonds is 5. The van der Waals surface area contributed by atoms with Gasteiger partial charge in [-0.25, -0.2) is 4.79 Å². The summed E-state index contributed by atoms with van der Waals surface area (Å²) in [6.07, 6.45) is 0.802. The van der Waals surface area contributed by atoms with E-state index in [0.717, 1.165) is 11.6 Å². The molecule has 0 saturated heterocycles. The van der Waals surface area contributed by atoms with Crippen LogP contribution in [0.2, 0.25) is 0 Å². The highest BCUT2D eigenvalue weighted by Crippen LogP contribution is 2.15. The fraction of sp³-hybridized carbons (Fsp3) is 0.300. The monoisotopic (exact) mass is 213 g/mol. The van der Waals surface area contributed by atoms with E-state index in [2.05, 4.69) is 4.99 Å². The van der Waals surface area contributed by atoms with Crippen LogP contribution in [-0.2, 0) is 16.1 Å². The Morgan fingerprint density at radius 1 is 1.33 bits per heavy atom. The molecule has 1 aromatic carbocycles. The Bertz CT molecular complexity index is 348. The largest absolute Gasteiger partial charge is 0.375 e. The van der Waals surface area contributed by atoms with E-state index in [1.165, 1.54) is 0 Å². The molecule has 1 aromatic rings. The van der Waals surface area contributed by atoms with Crippen molar-refractivity contribution in [2.75, 3.05) is 6.61 Å². The Hall–Kier alpha value is -1.58. The van der Waals surface area contributed by atoms with Gasteiger partial charge in [-0.2, -0.15) is 8.78 Å². The number of alkyl halides is 2. The number of carbonyl (C=O) groups excluding carboxylic acids is 1. The first-order valence-electron chi connectivity index (χ1n) is 4.22. The molecule has 0 saturated carbocycles. The average molecular weight is 213 g/mol. The second-order valence-electron chi connectivity index (χ2n) is 2.85. The van der Waals surface area contributed by atoms with E-state index in [1.54, 1.807) is 24.3 Å². The van der Waals surface area contributed by atoms with Crippen molar-refractivity contribution in [3.05, 3.63) is 35.9 Å². The van der Waals surface area contributed by atoms with Crippen LogP contribution in [0, 0.1) is 0 Å². The fourth-order valence-electron chi connectivity index (χ4n) is 0.965. The molecule has 5 heteroatoms. The lowest BCUT2D eigenvalue weighted by Gasteiger charge is -2.09. The van der Waals surface area contributed by atoms with Crippen LogP contribution >= 0.6 is 0 Å². The fourth-order valence-corrected chi connectivity index (χ4v) is 0.965. The van der Waals surface area contributed by atoms with Crippen molar-refractivity contribution in [3.63, 3.8) is 0 Å². The zero-order chi connectivity index (χ0) is 11.1. The van der Waals surface area contributed by atoms with Crippen LogP contribution in [0.5, 0.6) is 0 Å². The molecule has 0 bridgehead atoms. The molecule has 0 amide bonds. The summed E-state index contributed by atoms with van der Waals surface area (Å²) in [4.78, 5) is 12.0. The quantitative estimate of drug-likeness (QED) is 0.427. The predicted molar refractivity (Wildman–Crippen MR) is 49.2 cm³/mol. The standard InChI is InChI=1S/C10H9F2NO2/c11-10(12,13-8-14)7-15-6-9-4-2-1-3-5-9/h1-5H,6-7H2. The molecule has 0 spiro atoms. The van der Waals surface area contributed by atoms with Gasteiger partial charge in [0, 0.05) is 0 Å². The summed E-state index contributed by atoms with van der Waals surface area (Å²) in [6.45, 7) is -0.859. The first-order valence-corrected chi connectivity index (χ1v) is 4.22. The van der Waals surface area contributed by atoms with Crippen LogP contribution in [0.1, 0.15) is 5.56 Å². The first kappa shape index (κ1) is 11.5. The van der Waals surface area contributed by atoms with Gasteiger partial charge < -0.3 is 4.74 Å². The third kappa shape index (κ3) is 4.44. The molecule has 1 rings (SSSR count). The molecule has 0 aromatic heterocycles. The lowest BCUT2D eigenvalue weighted by Crippen LogP contribution is -2.20.